The highest BCUT2D eigenvalue weighted by molar-refractivity contribution is 5.77. The molecule has 5 heteroatoms. The molecule has 0 atom stereocenters. The van der Waals surface area contributed by atoms with E-state index in [1.165, 1.54) is 6.20 Å². The van der Waals surface area contributed by atoms with Gasteiger partial charge in [0.15, 0.2) is 6.61 Å². The summed E-state index contributed by atoms with van der Waals surface area (Å²) in [6.45, 7) is 2.43. The van der Waals surface area contributed by atoms with Gasteiger partial charge in [-0.25, -0.2) is 0 Å². The van der Waals surface area contributed by atoms with E-state index in [0.29, 0.717) is 18.0 Å². The van der Waals surface area contributed by atoms with Gasteiger partial charge in [0.2, 0.25) is 0 Å². The fourth-order valence-electron chi connectivity index (χ4n) is 1.98. The summed E-state index contributed by atoms with van der Waals surface area (Å²) in [6, 6.07) is 11.3. The van der Waals surface area contributed by atoms with E-state index in [4.69, 9.17) is 9.84 Å². The molecule has 0 spiro atoms. The van der Waals surface area contributed by atoms with E-state index in [1.807, 2.05) is 31.2 Å². The van der Waals surface area contributed by atoms with Crippen LogP contribution in [-0.2, 0) is 17.9 Å². The molecule has 1 heterocycles. The molecule has 1 aromatic heterocycles. The molecule has 116 valence electrons. The Labute approximate surface area is 130 Å². The van der Waals surface area contributed by atoms with Crippen LogP contribution in [0.5, 0.6) is 5.75 Å². The number of aliphatic hydroxyl groups is 1. The number of aryl methyl sites for hydroxylation is 1. The molecule has 0 aliphatic rings. The second kappa shape index (κ2) is 7.56. The van der Waals surface area contributed by atoms with Crippen LogP contribution >= 0.6 is 0 Å². The van der Waals surface area contributed by atoms with E-state index in [2.05, 4.69) is 4.98 Å². The number of aromatic nitrogens is 1. The summed E-state index contributed by atoms with van der Waals surface area (Å²) < 4.78 is 5.42. The minimum Gasteiger partial charge on any atom is -0.482 e. The van der Waals surface area contributed by atoms with E-state index >= 15 is 0 Å². The van der Waals surface area contributed by atoms with Crippen LogP contribution in [-0.4, -0.2) is 34.6 Å². The molecule has 0 bridgehead atoms. The van der Waals surface area contributed by atoms with Gasteiger partial charge in [0.25, 0.3) is 5.91 Å². The summed E-state index contributed by atoms with van der Waals surface area (Å²) in [4.78, 5) is 17.7. The zero-order chi connectivity index (χ0) is 15.9. The third kappa shape index (κ3) is 4.30. The van der Waals surface area contributed by atoms with Crippen LogP contribution in [0.1, 0.15) is 16.8 Å². The zero-order valence-electron chi connectivity index (χ0n) is 12.8. The quantitative estimate of drug-likeness (QED) is 0.885. The highest BCUT2D eigenvalue weighted by Gasteiger charge is 2.11. The average molecular weight is 300 g/mol. The first-order valence-corrected chi connectivity index (χ1v) is 7.07. The van der Waals surface area contributed by atoms with Crippen molar-refractivity contribution in [3.63, 3.8) is 0 Å². The van der Waals surface area contributed by atoms with Crippen molar-refractivity contribution < 1.29 is 14.6 Å². The minimum atomic E-state index is -0.113. The van der Waals surface area contributed by atoms with E-state index in [1.54, 1.807) is 24.1 Å². The lowest BCUT2D eigenvalue weighted by Gasteiger charge is -2.18. The average Bonchev–Trinajstić information content (AvgIpc) is 2.55. The number of hydrogen-bond acceptors (Lipinski definition) is 4. The van der Waals surface area contributed by atoms with Gasteiger partial charge in [-0.3, -0.25) is 9.78 Å². The Morgan fingerprint density at radius 3 is 2.68 bits per heavy atom. The monoisotopic (exact) mass is 300 g/mol. The molecule has 1 amide bonds. The fourth-order valence-corrected chi connectivity index (χ4v) is 1.98. The van der Waals surface area contributed by atoms with Crippen molar-refractivity contribution in [3.8, 4) is 5.75 Å². The molecule has 0 fully saturated rings. The Bertz CT molecular complexity index is 626. The van der Waals surface area contributed by atoms with Crippen LogP contribution in [0.2, 0.25) is 0 Å². The SMILES string of the molecule is Cc1ccccc1CN(C)C(=O)COc1ccc(CO)nc1. The van der Waals surface area contributed by atoms with Gasteiger partial charge in [0, 0.05) is 13.6 Å². The number of likely N-dealkylation sites (N-methyl/N-ethyl adjacent to an activating group) is 1. The van der Waals surface area contributed by atoms with Crippen LogP contribution in [0.25, 0.3) is 0 Å². The lowest BCUT2D eigenvalue weighted by atomic mass is 10.1. The largest absolute Gasteiger partial charge is 0.482 e. The van der Waals surface area contributed by atoms with Crippen molar-refractivity contribution in [1.29, 1.82) is 0 Å². The first-order valence-electron chi connectivity index (χ1n) is 7.07. The predicted molar refractivity (Wildman–Crippen MR) is 83.3 cm³/mol. The molecular weight excluding hydrogens is 280 g/mol. The molecule has 2 aromatic rings. The maximum Gasteiger partial charge on any atom is 0.260 e. The number of aliphatic hydroxyl groups excluding tert-OH is 1. The van der Waals surface area contributed by atoms with Crippen LogP contribution in [0.4, 0.5) is 0 Å². The lowest BCUT2D eigenvalue weighted by Crippen LogP contribution is -2.31. The summed E-state index contributed by atoms with van der Waals surface area (Å²) in [5.41, 5.74) is 2.84. The van der Waals surface area contributed by atoms with Gasteiger partial charge in [0.1, 0.15) is 5.75 Å². The van der Waals surface area contributed by atoms with Gasteiger partial charge >= 0.3 is 0 Å². The normalized spacial score (nSPS) is 10.3. The summed E-state index contributed by atoms with van der Waals surface area (Å²) in [7, 11) is 1.76. The van der Waals surface area contributed by atoms with Crippen molar-refractivity contribution in [2.75, 3.05) is 13.7 Å². The second-order valence-corrected chi connectivity index (χ2v) is 5.11. The fraction of sp³-hybridized carbons (Fsp3) is 0.294. The number of amides is 1. The number of hydrogen-bond donors (Lipinski definition) is 1. The van der Waals surface area contributed by atoms with E-state index in [-0.39, 0.29) is 19.1 Å². The van der Waals surface area contributed by atoms with Crippen LogP contribution in [0.15, 0.2) is 42.6 Å². The standard InChI is InChI=1S/C17H20N2O3/c1-13-5-3-4-6-14(13)10-19(2)17(21)12-22-16-8-7-15(11-20)18-9-16/h3-9,20H,10-12H2,1-2H3. The molecule has 0 radical (unpaired) electrons. The Balaban J connectivity index is 1.87. The third-order valence-electron chi connectivity index (χ3n) is 3.42. The molecule has 2 rings (SSSR count). The lowest BCUT2D eigenvalue weighted by molar-refractivity contribution is -0.132. The Hall–Kier alpha value is -2.40. The summed E-state index contributed by atoms with van der Waals surface area (Å²) in [5, 5.41) is 8.92. The Morgan fingerprint density at radius 1 is 1.27 bits per heavy atom. The number of ether oxygens (including phenoxy) is 1. The van der Waals surface area contributed by atoms with E-state index < -0.39 is 0 Å². The summed E-state index contributed by atoms with van der Waals surface area (Å²) in [5.74, 6) is 0.407. The second-order valence-electron chi connectivity index (χ2n) is 5.11. The summed E-state index contributed by atoms with van der Waals surface area (Å²) >= 11 is 0. The Morgan fingerprint density at radius 2 is 2.05 bits per heavy atom. The molecule has 1 aromatic carbocycles. The van der Waals surface area contributed by atoms with Gasteiger partial charge in [0.05, 0.1) is 18.5 Å². The molecule has 0 saturated heterocycles. The van der Waals surface area contributed by atoms with Gasteiger partial charge in [-0.1, -0.05) is 24.3 Å². The third-order valence-corrected chi connectivity index (χ3v) is 3.42. The van der Waals surface area contributed by atoms with Crippen molar-refractivity contribution >= 4 is 5.91 Å². The highest BCUT2D eigenvalue weighted by atomic mass is 16.5. The van der Waals surface area contributed by atoms with Crippen molar-refractivity contribution in [2.45, 2.75) is 20.1 Å². The topological polar surface area (TPSA) is 62.7 Å². The molecule has 0 unspecified atom stereocenters. The van der Waals surface area contributed by atoms with E-state index in [0.717, 1.165) is 11.1 Å². The number of nitrogens with zero attached hydrogens (tertiary/aromatic N) is 2. The number of carbonyl (C=O) groups is 1. The Kier molecular flexibility index (Phi) is 5.49. The van der Waals surface area contributed by atoms with Gasteiger partial charge in [-0.05, 0) is 30.2 Å². The molecule has 0 aliphatic carbocycles. The van der Waals surface area contributed by atoms with Crippen molar-refractivity contribution in [2.24, 2.45) is 0 Å². The molecule has 5 nitrogen and oxygen atoms in total. The van der Waals surface area contributed by atoms with Gasteiger partial charge in [-0.2, -0.15) is 0 Å². The number of benzene rings is 1. The number of carbonyl (C=O) groups excluding carboxylic acids is 1. The zero-order valence-corrected chi connectivity index (χ0v) is 12.8. The minimum absolute atomic E-state index is 0.0392. The first kappa shape index (κ1) is 16.0. The predicted octanol–water partition coefficient (Wildman–Crippen LogP) is 1.92. The van der Waals surface area contributed by atoms with Crippen molar-refractivity contribution in [3.05, 3.63) is 59.4 Å². The van der Waals surface area contributed by atoms with Crippen LogP contribution in [0.3, 0.4) is 0 Å². The molecule has 0 saturated carbocycles. The van der Waals surface area contributed by atoms with Gasteiger partial charge in [-0.15, -0.1) is 0 Å². The number of pyridine rings is 1. The van der Waals surface area contributed by atoms with Crippen molar-refractivity contribution in [1.82, 2.24) is 9.88 Å². The maximum absolute atomic E-state index is 12.1. The first-order chi connectivity index (χ1) is 10.6. The molecule has 22 heavy (non-hydrogen) atoms. The summed E-state index contributed by atoms with van der Waals surface area (Å²) in [6.07, 6.45) is 1.50. The smallest absolute Gasteiger partial charge is 0.260 e. The van der Waals surface area contributed by atoms with Crippen LogP contribution in [0, 0.1) is 6.92 Å². The molecular formula is C17H20N2O3. The number of rotatable bonds is 6. The van der Waals surface area contributed by atoms with Gasteiger partial charge < -0.3 is 14.7 Å². The highest BCUT2D eigenvalue weighted by Crippen LogP contribution is 2.11. The molecule has 1 N–H and O–H groups in total. The van der Waals surface area contributed by atoms with Crippen LogP contribution < -0.4 is 4.74 Å². The molecule has 0 aliphatic heterocycles. The maximum atomic E-state index is 12.1. The van der Waals surface area contributed by atoms with E-state index in [9.17, 15) is 4.79 Å².